The van der Waals surface area contributed by atoms with Crippen molar-refractivity contribution in [3.63, 3.8) is 0 Å². The standard InChI is InChI=1S/C13H18N4O4/c18-12(10-11(13(19)20)16-7-15-10)14-4-9-5-17-3-1-2-8(17)6-21-9/h7-9H,1-6H2,(H,14,18)(H,15,16)(H,19,20). The number of morpholine rings is 1. The van der Waals surface area contributed by atoms with Crippen molar-refractivity contribution in [2.24, 2.45) is 0 Å². The summed E-state index contributed by atoms with van der Waals surface area (Å²) in [6, 6.07) is 0.516. The highest BCUT2D eigenvalue weighted by Gasteiger charge is 2.32. The minimum atomic E-state index is -1.20. The predicted molar refractivity (Wildman–Crippen MR) is 72.2 cm³/mol. The Morgan fingerprint density at radius 2 is 2.43 bits per heavy atom. The number of carboxylic acid groups (broad SMARTS) is 1. The van der Waals surface area contributed by atoms with Crippen LogP contribution in [0.1, 0.15) is 33.8 Å². The number of carbonyl (C=O) groups is 2. The van der Waals surface area contributed by atoms with Gasteiger partial charge in [0.1, 0.15) is 0 Å². The van der Waals surface area contributed by atoms with Gasteiger partial charge in [-0.2, -0.15) is 0 Å². The van der Waals surface area contributed by atoms with Crippen molar-refractivity contribution < 1.29 is 19.4 Å². The van der Waals surface area contributed by atoms with Gasteiger partial charge in [-0.3, -0.25) is 9.69 Å². The minimum absolute atomic E-state index is 0.0597. The number of imidazole rings is 1. The van der Waals surface area contributed by atoms with E-state index in [0.29, 0.717) is 19.2 Å². The second-order valence-corrected chi connectivity index (χ2v) is 5.39. The number of H-pyrrole nitrogens is 1. The van der Waals surface area contributed by atoms with Crippen LogP contribution in [-0.4, -0.2) is 70.2 Å². The van der Waals surface area contributed by atoms with Gasteiger partial charge in [-0.1, -0.05) is 0 Å². The topological polar surface area (TPSA) is 108 Å². The first-order chi connectivity index (χ1) is 10.1. The largest absolute Gasteiger partial charge is 0.477 e. The summed E-state index contributed by atoms with van der Waals surface area (Å²) in [6.45, 7) is 2.94. The molecule has 0 bridgehead atoms. The molecule has 0 saturated carbocycles. The number of carbonyl (C=O) groups excluding carboxylic acids is 1. The number of aromatic nitrogens is 2. The van der Waals surface area contributed by atoms with Crippen molar-refractivity contribution in [2.75, 3.05) is 26.2 Å². The van der Waals surface area contributed by atoms with Crippen LogP contribution in [0.25, 0.3) is 0 Å². The van der Waals surface area contributed by atoms with Gasteiger partial charge in [0.2, 0.25) is 0 Å². The molecular weight excluding hydrogens is 276 g/mol. The fourth-order valence-electron chi connectivity index (χ4n) is 2.93. The molecule has 114 valence electrons. The average molecular weight is 294 g/mol. The lowest BCUT2D eigenvalue weighted by Gasteiger charge is -2.35. The summed E-state index contributed by atoms with van der Waals surface area (Å²) in [5.74, 6) is -1.70. The third kappa shape index (κ3) is 2.91. The Morgan fingerprint density at radius 1 is 1.57 bits per heavy atom. The van der Waals surface area contributed by atoms with E-state index in [1.54, 1.807) is 0 Å². The number of carboxylic acids is 1. The molecule has 2 atom stereocenters. The Kier molecular flexibility index (Phi) is 3.89. The summed E-state index contributed by atoms with van der Waals surface area (Å²) < 4.78 is 5.74. The SMILES string of the molecule is O=C(NCC1CN2CCCC2CO1)c1nc[nH]c1C(=O)O. The third-order valence-corrected chi connectivity index (χ3v) is 4.02. The molecule has 1 aromatic heterocycles. The van der Waals surface area contributed by atoms with Crippen molar-refractivity contribution in [1.82, 2.24) is 20.2 Å². The van der Waals surface area contributed by atoms with Gasteiger partial charge >= 0.3 is 5.97 Å². The molecule has 0 spiro atoms. The molecule has 8 nitrogen and oxygen atoms in total. The molecule has 21 heavy (non-hydrogen) atoms. The lowest BCUT2D eigenvalue weighted by atomic mass is 10.2. The molecule has 3 heterocycles. The predicted octanol–water partition coefficient (Wildman–Crippen LogP) is -0.299. The molecule has 2 aliphatic rings. The minimum Gasteiger partial charge on any atom is -0.477 e. The Morgan fingerprint density at radius 3 is 3.24 bits per heavy atom. The molecule has 2 unspecified atom stereocenters. The van der Waals surface area contributed by atoms with Gasteiger partial charge in [-0.25, -0.2) is 9.78 Å². The van der Waals surface area contributed by atoms with Crippen molar-refractivity contribution in [1.29, 1.82) is 0 Å². The van der Waals surface area contributed by atoms with E-state index in [4.69, 9.17) is 9.84 Å². The summed E-state index contributed by atoms with van der Waals surface area (Å²) in [7, 11) is 0. The molecule has 0 radical (unpaired) electrons. The number of aromatic amines is 1. The Hall–Kier alpha value is -1.93. The highest BCUT2D eigenvalue weighted by molar-refractivity contribution is 6.02. The van der Waals surface area contributed by atoms with Crippen LogP contribution in [0, 0.1) is 0 Å². The van der Waals surface area contributed by atoms with Crippen LogP contribution in [0.2, 0.25) is 0 Å². The lowest BCUT2D eigenvalue weighted by Crippen LogP contribution is -2.50. The van der Waals surface area contributed by atoms with Crippen LogP contribution in [0.15, 0.2) is 6.33 Å². The van der Waals surface area contributed by atoms with Gasteiger partial charge < -0.3 is 20.1 Å². The molecule has 0 aromatic carbocycles. The second-order valence-electron chi connectivity index (χ2n) is 5.39. The zero-order chi connectivity index (χ0) is 14.8. The molecule has 2 aliphatic heterocycles. The van der Waals surface area contributed by atoms with E-state index in [2.05, 4.69) is 20.2 Å². The monoisotopic (exact) mass is 294 g/mol. The quantitative estimate of drug-likeness (QED) is 0.704. The normalized spacial score (nSPS) is 25.5. The number of ether oxygens (including phenoxy) is 1. The highest BCUT2D eigenvalue weighted by Crippen LogP contribution is 2.22. The van der Waals surface area contributed by atoms with Crippen LogP contribution in [0.3, 0.4) is 0 Å². The Bertz CT molecular complexity index is 544. The van der Waals surface area contributed by atoms with Gasteiger partial charge in [-0.05, 0) is 19.4 Å². The zero-order valence-corrected chi connectivity index (χ0v) is 11.5. The van der Waals surface area contributed by atoms with E-state index < -0.39 is 11.9 Å². The van der Waals surface area contributed by atoms with Gasteiger partial charge in [0.15, 0.2) is 11.4 Å². The fraction of sp³-hybridized carbons (Fsp3) is 0.615. The maximum Gasteiger partial charge on any atom is 0.354 e. The smallest absolute Gasteiger partial charge is 0.354 e. The highest BCUT2D eigenvalue weighted by atomic mass is 16.5. The van der Waals surface area contributed by atoms with Crippen LogP contribution in [0.5, 0.6) is 0 Å². The first-order valence-electron chi connectivity index (χ1n) is 7.05. The van der Waals surface area contributed by atoms with Gasteiger partial charge in [0.25, 0.3) is 5.91 Å². The molecule has 3 N–H and O–H groups in total. The van der Waals surface area contributed by atoms with Gasteiger partial charge in [-0.15, -0.1) is 0 Å². The van der Waals surface area contributed by atoms with Gasteiger partial charge in [0.05, 0.1) is 19.0 Å². The average Bonchev–Trinajstić information content (AvgIpc) is 3.12. The maximum absolute atomic E-state index is 12.0. The maximum atomic E-state index is 12.0. The summed E-state index contributed by atoms with van der Waals surface area (Å²) in [5.41, 5.74) is -0.297. The molecule has 0 aliphatic carbocycles. The molecule has 8 heteroatoms. The van der Waals surface area contributed by atoms with Crippen molar-refractivity contribution in [3.8, 4) is 0 Å². The number of nitrogens with one attached hydrogen (secondary N) is 2. The Balaban J connectivity index is 1.54. The molecule has 2 saturated heterocycles. The fourth-order valence-corrected chi connectivity index (χ4v) is 2.93. The first-order valence-corrected chi connectivity index (χ1v) is 7.05. The summed E-state index contributed by atoms with van der Waals surface area (Å²) >= 11 is 0. The zero-order valence-electron chi connectivity index (χ0n) is 11.5. The number of nitrogens with zero attached hydrogens (tertiary/aromatic N) is 2. The Labute approximate surface area is 121 Å². The molecule has 3 rings (SSSR count). The van der Waals surface area contributed by atoms with E-state index in [1.165, 1.54) is 19.2 Å². The van der Waals surface area contributed by atoms with Crippen LogP contribution < -0.4 is 5.32 Å². The van der Waals surface area contributed by atoms with Crippen LogP contribution in [-0.2, 0) is 4.74 Å². The lowest BCUT2D eigenvalue weighted by molar-refractivity contribution is -0.0462. The first kappa shape index (κ1) is 14.0. The summed E-state index contributed by atoms with van der Waals surface area (Å²) in [5, 5.41) is 11.6. The third-order valence-electron chi connectivity index (χ3n) is 4.02. The molecule has 1 amide bonds. The van der Waals surface area contributed by atoms with Crippen molar-refractivity contribution in [3.05, 3.63) is 17.7 Å². The summed E-state index contributed by atoms with van der Waals surface area (Å²) in [4.78, 5) is 31.5. The van der Waals surface area contributed by atoms with E-state index in [1.807, 2.05) is 0 Å². The van der Waals surface area contributed by atoms with E-state index in [0.717, 1.165) is 13.1 Å². The van der Waals surface area contributed by atoms with Crippen LogP contribution >= 0.6 is 0 Å². The molecular formula is C13H18N4O4. The van der Waals surface area contributed by atoms with Gasteiger partial charge in [0, 0.05) is 19.1 Å². The number of amides is 1. The summed E-state index contributed by atoms with van der Waals surface area (Å²) in [6.07, 6.45) is 3.51. The van der Waals surface area contributed by atoms with Crippen molar-refractivity contribution in [2.45, 2.75) is 25.0 Å². The number of hydrogen-bond donors (Lipinski definition) is 3. The molecule has 1 aromatic rings. The number of hydrogen-bond acceptors (Lipinski definition) is 5. The van der Waals surface area contributed by atoms with Crippen LogP contribution in [0.4, 0.5) is 0 Å². The number of rotatable bonds is 4. The van der Waals surface area contributed by atoms with Crippen molar-refractivity contribution >= 4 is 11.9 Å². The number of aromatic carboxylic acids is 1. The second kappa shape index (κ2) is 5.82. The van der Waals surface area contributed by atoms with E-state index in [-0.39, 0.29) is 17.5 Å². The van der Waals surface area contributed by atoms with E-state index >= 15 is 0 Å². The number of fused-ring (bicyclic) bond motifs is 1. The van der Waals surface area contributed by atoms with E-state index in [9.17, 15) is 9.59 Å². The molecule has 2 fully saturated rings.